The van der Waals surface area contributed by atoms with E-state index in [1.54, 1.807) is 38.6 Å². The van der Waals surface area contributed by atoms with Gasteiger partial charge in [-0.3, -0.25) is 9.78 Å². The largest absolute Gasteiger partial charge is 0.345 e. The van der Waals surface area contributed by atoms with Gasteiger partial charge in [-0.1, -0.05) is 13.8 Å². The summed E-state index contributed by atoms with van der Waals surface area (Å²) in [6.45, 7) is 4.00. The van der Waals surface area contributed by atoms with Crippen LogP contribution >= 0.6 is 0 Å². The summed E-state index contributed by atoms with van der Waals surface area (Å²) in [5, 5.41) is 0. The Morgan fingerprint density at radius 3 is 2.38 bits per heavy atom. The van der Waals surface area contributed by atoms with E-state index in [2.05, 4.69) is 4.98 Å². The SMILES string of the molecule is CC.CN(C)C(=O)c1cccnc1. The molecule has 1 aromatic rings. The third kappa shape index (κ3) is 3.69. The van der Waals surface area contributed by atoms with Crippen molar-refractivity contribution in [3.05, 3.63) is 30.1 Å². The molecule has 0 spiro atoms. The Balaban J connectivity index is 0.000000671. The molecule has 0 radical (unpaired) electrons. The van der Waals surface area contributed by atoms with Crippen LogP contribution in [0.3, 0.4) is 0 Å². The van der Waals surface area contributed by atoms with Gasteiger partial charge in [-0.25, -0.2) is 0 Å². The number of pyridine rings is 1. The van der Waals surface area contributed by atoms with E-state index in [1.807, 2.05) is 13.8 Å². The lowest BCUT2D eigenvalue weighted by Gasteiger charge is -2.08. The lowest BCUT2D eigenvalue weighted by atomic mass is 10.2. The molecule has 0 aromatic carbocycles. The van der Waals surface area contributed by atoms with Crippen molar-refractivity contribution in [2.45, 2.75) is 13.8 Å². The number of carbonyl (C=O) groups excluding carboxylic acids is 1. The number of hydrogen-bond donors (Lipinski definition) is 0. The van der Waals surface area contributed by atoms with Crippen molar-refractivity contribution in [3.63, 3.8) is 0 Å². The number of hydrogen-bond acceptors (Lipinski definition) is 2. The minimum Gasteiger partial charge on any atom is -0.345 e. The highest BCUT2D eigenvalue weighted by atomic mass is 16.2. The predicted octanol–water partition coefficient (Wildman–Crippen LogP) is 1.81. The lowest BCUT2D eigenvalue weighted by molar-refractivity contribution is 0.0827. The van der Waals surface area contributed by atoms with Gasteiger partial charge in [0.15, 0.2) is 0 Å². The Morgan fingerprint density at radius 1 is 1.38 bits per heavy atom. The van der Waals surface area contributed by atoms with Gasteiger partial charge in [0.25, 0.3) is 5.91 Å². The van der Waals surface area contributed by atoms with Crippen LogP contribution in [0.15, 0.2) is 24.5 Å². The van der Waals surface area contributed by atoms with Crippen molar-refractivity contribution in [1.82, 2.24) is 9.88 Å². The molecule has 1 amide bonds. The third-order valence-electron chi connectivity index (χ3n) is 1.31. The molecule has 0 aliphatic heterocycles. The van der Waals surface area contributed by atoms with Crippen LogP contribution in [0.1, 0.15) is 24.2 Å². The van der Waals surface area contributed by atoms with Crippen molar-refractivity contribution >= 4 is 5.91 Å². The molecule has 0 N–H and O–H groups in total. The first-order chi connectivity index (χ1) is 6.22. The molecule has 0 unspecified atom stereocenters. The van der Waals surface area contributed by atoms with Crippen LogP contribution in [0, 0.1) is 0 Å². The Kier molecular flexibility index (Phi) is 5.52. The maximum absolute atomic E-state index is 11.2. The summed E-state index contributed by atoms with van der Waals surface area (Å²) < 4.78 is 0. The van der Waals surface area contributed by atoms with Crippen molar-refractivity contribution in [2.75, 3.05) is 14.1 Å². The van der Waals surface area contributed by atoms with Crippen LogP contribution < -0.4 is 0 Å². The Morgan fingerprint density at radius 2 is 2.00 bits per heavy atom. The second-order valence-electron chi connectivity index (χ2n) is 2.44. The first-order valence-electron chi connectivity index (χ1n) is 4.33. The van der Waals surface area contributed by atoms with Gasteiger partial charge in [0.05, 0.1) is 5.56 Å². The van der Waals surface area contributed by atoms with Crippen molar-refractivity contribution in [3.8, 4) is 0 Å². The molecule has 0 fully saturated rings. The molecule has 3 nitrogen and oxygen atoms in total. The third-order valence-corrected chi connectivity index (χ3v) is 1.31. The molecule has 1 rings (SSSR count). The van der Waals surface area contributed by atoms with E-state index in [0.29, 0.717) is 5.56 Å². The summed E-state index contributed by atoms with van der Waals surface area (Å²) in [4.78, 5) is 16.6. The quantitative estimate of drug-likeness (QED) is 0.660. The first-order valence-corrected chi connectivity index (χ1v) is 4.33. The number of nitrogens with zero attached hydrogens (tertiary/aromatic N) is 2. The molecule has 1 heterocycles. The van der Waals surface area contributed by atoms with E-state index in [1.165, 1.54) is 4.90 Å². The Bertz CT molecular complexity index is 244. The second-order valence-corrected chi connectivity index (χ2v) is 2.44. The van der Waals surface area contributed by atoms with Crippen molar-refractivity contribution in [1.29, 1.82) is 0 Å². The molecule has 0 aliphatic carbocycles. The maximum Gasteiger partial charge on any atom is 0.254 e. The molecule has 72 valence electrons. The minimum atomic E-state index is -0.0156. The molecular weight excluding hydrogens is 164 g/mol. The molecule has 0 bridgehead atoms. The summed E-state index contributed by atoms with van der Waals surface area (Å²) in [7, 11) is 3.44. The van der Waals surface area contributed by atoms with Crippen molar-refractivity contribution in [2.24, 2.45) is 0 Å². The zero-order chi connectivity index (χ0) is 10.3. The van der Waals surface area contributed by atoms with Gasteiger partial charge in [0, 0.05) is 26.5 Å². The van der Waals surface area contributed by atoms with Gasteiger partial charge < -0.3 is 4.90 Å². The van der Waals surface area contributed by atoms with Crippen LogP contribution in [0.5, 0.6) is 0 Å². The first kappa shape index (κ1) is 11.6. The molecule has 3 heteroatoms. The summed E-state index contributed by atoms with van der Waals surface area (Å²) >= 11 is 0. The molecule has 13 heavy (non-hydrogen) atoms. The van der Waals surface area contributed by atoms with Gasteiger partial charge in [-0.05, 0) is 12.1 Å². The summed E-state index contributed by atoms with van der Waals surface area (Å²) in [6, 6.07) is 3.49. The fourth-order valence-electron chi connectivity index (χ4n) is 0.747. The van der Waals surface area contributed by atoms with E-state index < -0.39 is 0 Å². The highest BCUT2D eigenvalue weighted by Gasteiger charge is 2.05. The zero-order valence-corrected chi connectivity index (χ0v) is 8.61. The Labute approximate surface area is 79.4 Å². The predicted molar refractivity (Wildman–Crippen MR) is 53.6 cm³/mol. The standard InChI is InChI=1S/C8H10N2O.C2H6/c1-10(2)8(11)7-4-3-5-9-6-7;1-2/h3-6H,1-2H3;1-2H3. The number of carbonyl (C=O) groups is 1. The van der Waals surface area contributed by atoms with Crippen LogP contribution in [0.25, 0.3) is 0 Å². The van der Waals surface area contributed by atoms with E-state index in [9.17, 15) is 4.79 Å². The maximum atomic E-state index is 11.2. The zero-order valence-electron chi connectivity index (χ0n) is 8.61. The lowest BCUT2D eigenvalue weighted by Crippen LogP contribution is -2.21. The van der Waals surface area contributed by atoms with Gasteiger partial charge in [0.1, 0.15) is 0 Å². The van der Waals surface area contributed by atoms with Gasteiger partial charge in [-0.2, -0.15) is 0 Å². The monoisotopic (exact) mass is 180 g/mol. The highest BCUT2D eigenvalue weighted by Crippen LogP contribution is 1.98. The fraction of sp³-hybridized carbons (Fsp3) is 0.400. The van der Waals surface area contributed by atoms with E-state index in [0.717, 1.165) is 0 Å². The smallest absolute Gasteiger partial charge is 0.254 e. The molecule has 0 aliphatic rings. The second kappa shape index (κ2) is 6.17. The Hall–Kier alpha value is -1.38. The molecule has 1 aromatic heterocycles. The van der Waals surface area contributed by atoms with Crippen LogP contribution in [-0.2, 0) is 0 Å². The molecule has 0 saturated carbocycles. The van der Waals surface area contributed by atoms with Crippen LogP contribution in [0.2, 0.25) is 0 Å². The van der Waals surface area contributed by atoms with E-state index in [-0.39, 0.29) is 5.91 Å². The topological polar surface area (TPSA) is 33.2 Å². The number of amides is 1. The molecular formula is C10H16N2O. The average Bonchev–Trinajstić information content (AvgIpc) is 2.21. The minimum absolute atomic E-state index is 0.0156. The van der Waals surface area contributed by atoms with Gasteiger partial charge in [0.2, 0.25) is 0 Å². The highest BCUT2D eigenvalue weighted by molar-refractivity contribution is 5.93. The summed E-state index contributed by atoms with van der Waals surface area (Å²) in [5.41, 5.74) is 0.623. The van der Waals surface area contributed by atoms with Crippen molar-refractivity contribution < 1.29 is 4.79 Å². The fourth-order valence-corrected chi connectivity index (χ4v) is 0.747. The van der Waals surface area contributed by atoms with Crippen LogP contribution in [0.4, 0.5) is 0 Å². The summed E-state index contributed by atoms with van der Waals surface area (Å²) in [5.74, 6) is -0.0156. The van der Waals surface area contributed by atoms with Gasteiger partial charge >= 0.3 is 0 Å². The number of rotatable bonds is 1. The molecule has 0 saturated heterocycles. The van der Waals surface area contributed by atoms with E-state index in [4.69, 9.17) is 0 Å². The molecule has 0 atom stereocenters. The van der Waals surface area contributed by atoms with Gasteiger partial charge in [-0.15, -0.1) is 0 Å². The van der Waals surface area contributed by atoms with E-state index >= 15 is 0 Å². The normalized spacial score (nSPS) is 8.31. The summed E-state index contributed by atoms with van der Waals surface area (Å²) in [6.07, 6.45) is 3.20. The van der Waals surface area contributed by atoms with Crippen LogP contribution in [-0.4, -0.2) is 29.9 Å². The average molecular weight is 180 g/mol. The number of aromatic nitrogens is 1.